The van der Waals surface area contributed by atoms with Crippen LogP contribution in [-0.2, 0) is 16.4 Å². The minimum Gasteiger partial charge on any atom is -0.497 e. The molecule has 0 aliphatic heterocycles. The molecule has 12 heteroatoms. The molecule has 0 aliphatic carbocycles. The molecule has 0 fully saturated rings. The van der Waals surface area contributed by atoms with E-state index in [0.29, 0.717) is 12.2 Å². The van der Waals surface area contributed by atoms with E-state index in [2.05, 4.69) is 20.7 Å². The number of hydrogen-bond acceptors (Lipinski definition) is 8. The molecule has 4 aromatic rings. The van der Waals surface area contributed by atoms with Crippen LogP contribution >= 0.6 is 0 Å². The molecule has 5 N–H and O–H groups in total. The third-order valence-corrected chi connectivity index (χ3v) is 9.69. The average molecular weight is 703 g/mol. The second-order valence-electron chi connectivity index (χ2n) is 12.0. The average Bonchev–Trinajstić information content (AvgIpc) is 3.13. The van der Waals surface area contributed by atoms with Gasteiger partial charge < -0.3 is 30.5 Å². The summed E-state index contributed by atoms with van der Waals surface area (Å²) in [5.41, 5.74) is 2.89. The number of methoxy groups -OCH3 is 2. The largest absolute Gasteiger partial charge is 0.497 e. The number of aliphatic hydroxyl groups excluding tert-OH is 1. The first-order chi connectivity index (χ1) is 23.9. The van der Waals surface area contributed by atoms with Crippen LogP contribution in [-0.4, -0.2) is 64.0 Å². The molecule has 4 rings (SSSR count). The van der Waals surface area contributed by atoms with Crippen molar-refractivity contribution in [2.45, 2.75) is 51.4 Å². The summed E-state index contributed by atoms with van der Waals surface area (Å²) in [6.07, 6.45) is -0.695. The first-order valence-corrected chi connectivity index (χ1v) is 18.1. The first-order valence-electron chi connectivity index (χ1n) is 16.4. The number of nitrogens with one attached hydrogen (secondary N) is 4. The monoisotopic (exact) mass is 702 g/mol. The Balaban J connectivity index is 1.58. The predicted octanol–water partition coefficient (Wildman–Crippen LogP) is 5.01. The summed E-state index contributed by atoms with van der Waals surface area (Å²) < 4.78 is 38.0. The molecule has 0 saturated heterocycles. The molecule has 2 amide bonds. The molecular formula is C38H46N4O7S. The van der Waals surface area contributed by atoms with Crippen molar-refractivity contribution in [2.24, 2.45) is 0 Å². The minimum absolute atomic E-state index is 0.0477. The van der Waals surface area contributed by atoms with Crippen LogP contribution in [0.4, 0.5) is 5.69 Å². The van der Waals surface area contributed by atoms with Crippen molar-refractivity contribution in [2.75, 3.05) is 31.2 Å². The van der Waals surface area contributed by atoms with E-state index < -0.39 is 40.0 Å². The SMILES string of the molecule is CCS(=O)(=O)Nc1cc(C(=O)N[C@@H](Cc2ccccc2)[C@H](O)CN[C@H](C)c2cccc(OC)c2)cc(C(=O)N[C@H](C)c2ccc(OC)cc2)c1. The third kappa shape index (κ3) is 10.8. The van der Waals surface area contributed by atoms with Gasteiger partial charge in [-0.2, -0.15) is 0 Å². The van der Waals surface area contributed by atoms with Gasteiger partial charge >= 0.3 is 0 Å². The summed E-state index contributed by atoms with van der Waals surface area (Å²) in [6.45, 7) is 5.43. The van der Waals surface area contributed by atoms with E-state index in [0.717, 1.165) is 22.4 Å². The highest BCUT2D eigenvalue weighted by atomic mass is 32.2. The maximum Gasteiger partial charge on any atom is 0.251 e. The Hall–Kier alpha value is -4.91. The summed E-state index contributed by atoms with van der Waals surface area (Å²) in [5.74, 6) is 0.109. The van der Waals surface area contributed by atoms with Crippen molar-refractivity contribution in [1.82, 2.24) is 16.0 Å². The summed E-state index contributed by atoms with van der Waals surface area (Å²) in [6, 6.07) is 27.2. The fourth-order valence-corrected chi connectivity index (χ4v) is 5.95. The summed E-state index contributed by atoms with van der Waals surface area (Å²) in [7, 11) is -0.561. The van der Waals surface area contributed by atoms with Gasteiger partial charge in [-0.1, -0.05) is 54.6 Å². The van der Waals surface area contributed by atoms with Crippen LogP contribution in [0, 0.1) is 0 Å². The molecule has 0 saturated carbocycles. The molecule has 0 heterocycles. The Kier molecular flexibility index (Phi) is 13.4. The molecule has 0 radical (unpaired) electrons. The van der Waals surface area contributed by atoms with Gasteiger partial charge in [0.1, 0.15) is 11.5 Å². The highest BCUT2D eigenvalue weighted by molar-refractivity contribution is 7.92. The van der Waals surface area contributed by atoms with E-state index in [-0.39, 0.29) is 35.2 Å². The van der Waals surface area contributed by atoms with Crippen LogP contribution in [0.5, 0.6) is 11.5 Å². The minimum atomic E-state index is -3.73. The topological polar surface area (TPSA) is 155 Å². The second-order valence-corrected chi connectivity index (χ2v) is 14.0. The van der Waals surface area contributed by atoms with Gasteiger partial charge in [0.25, 0.3) is 11.8 Å². The second kappa shape index (κ2) is 17.7. The van der Waals surface area contributed by atoms with Gasteiger partial charge in [-0.05, 0) is 86.3 Å². The van der Waals surface area contributed by atoms with E-state index >= 15 is 0 Å². The van der Waals surface area contributed by atoms with Crippen molar-refractivity contribution in [3.05, 3.63) is 125 Å². The number of benzene rings is 4. The molecule has 0 unspecified atom stereocenters. The van der Waals surface area contributed by atoms with Crippen LogP contribution in [0.15, 0.2) is 97.1 Å². The van der Waals surface area contributed by atoms with Crippen molar-refractivity contribution in [1.29, 1.82) is 0 Å². The number of ether oxygens (including phenoxy) is 2. The van der Waals surface area contributed by atoms with Crippen LogP contribution in [0.25, 0.3) is 0 Å². The Bertz CT molecular complexity index is 1840. The molecular weight excluding hydrogens is 657 g/mol. The van der Waals surface area contributed by atoms with E-state index in [1.54, 1.807) is 26.4 Å². The Morgan fingerprint density at radius 1 is 0.740 bits per heavy atom. The predicted molar refractivity (Wildman–Crippen MR) is 195 cm³/mol. The fourth-order valence-electron chi connectivity index (χ4n) is 5.33. The van der Waals surface area contributed by atoms with Crippen molar-refractivity contribution < 1.29 is 32.6 Å². The molecule has 4 aromatic carbocycles. The van der Waals surface area contributed by atoms with Gasteiger partial charge in [-0.3, -0.25) is 14.3 Å². The number of anilines is 1. The van der Waals surface area contributed by atoms with Crippen molar-refractivity contribution in [3.8, 4) is 11.5 Å². The Morgan fingerprint density at radius 3 is 2.00 bits per heavy atom. The van der Waals surface area contributed by atoms with E-state index in [1.807, 2.05) is 80.6 Å². The highest BCUT2D eigenvalue weighted by Crippen LogP contribution is 2.22. The Labute approximate surface area is 294 Å². The molecule has 11 nitrogen and oxygen atoms in total. The first kappa shape index (κ1) is 37.9. The van der Waals surface area contributed by atoms with E-state index in [4.69, 9.17) is 9.47 Å². The molecule has 4 atom stereocenters. The number of amides is 2. The van der Waals surface area contributed by atoms with Crippen molar-refractivity contribution >= 4 is 27.5 Å². The highest BCUT2D eigenvalue weighted by Gasteiger charge is 2.25. The van der Waals surface area contributed by atoms with Gasteiger partial charge in [0.2, 0.25) is 10.0 Å². The lowest BCUT2D eigenvalue weighted by molar-refractivity contribution is 0.0825. The zero-order valence-corrected chi connectivity index (χ0v) is 29.8. The van der Waals surface area contributed by atoms with Gasteiger partial charge in [0, 0.05) is 23.7 Å². The number of sulfonamides is 1. The smallest absolute Gasteiger partial charge is 0.251 e. The lowest BCUT2D eigenvalue weighted by Crippen LogP contribution is -2.49. The standard InChI is InChI=1S/C38H46N4O7S/c1-6-50(46,47)42-32-21-30(37(44)40-26(3)28-15-17-33(48-4)18-16-28)20-31(22-32)38(45)41-35(19-27-11-8-7-9-12-27)36(43)24-39-25(2)29-13-10-14-34(23-29)49-5/h7-18,20-23,25-26,35-36,39,42-43H,6,19,24H2,1-5H3,(H,40,44)(H,41,45)/t25-,26-,35+,36-/m1/s1. The summed E-state index contributed by atoms with van der Waals surface area (Å²) >= 11 is 0. The van der Waals surface area contributed by atoms with Crippen LogP contribution in [0.1, 0.15) is 70.3 Å². The molecule has 266 valence electrons. The number of aliphatic hydroxyl groups is 1. The number of hydrogen-bond donors (Lipinski definition) is 5. The van der Waals surface area contributed by atoms with E-state index in [1.165, 1.54) is 25.1 Å². The Morgan fingerprint density at radius 2 is 1.38 bits per heavy atom. The van der Waals surface area contributed by atoms with Crippen LogP contribution in [0.3, 0.4) is 0 Å². The normalized spacial score (nSPS) is 13.7. The van der Waals surface area contributed by atoms with Crippen LogP contribution < -0.4 is 30.1 Å². The maximum atomic E-state index is 13.9. The zero-order valence-electron chi connectivity index (χ0n) is 29.0. The van der Waals surface area contributed by atoms with E-state index in [9.17, 15) is 23.1 Å². The van der Waals surface area contributed by atoms with Crippen LogP contribution in [0.2, 0.25) is 0 Å². The van der Waals surface area contributed by atoms with Gasteiger partial charge in [0.05, 0.1) is 43.8 Å². The molecule has 0 bridgehead atoms. The number of carbonyl (C=O) groups is 2. The fraction of sp³-hybridized carbons (Fsp3) is 0.316. The maximum absolute atomic E-state index is 13.9. The summed E-state index contributed by atoms with van der Waals surface area (Å²) in [5, 5.41) is 20.6. The summed E-state index contributed by atoms with van der Waals surface area (Å²) in [4.78, 5) is 27.4. The zero-order chi connectivity index (χ0) is 36.3. The molecule has 50 heavy (non-hydrogen) atoms. The molecule has 0 aromatic heterocycles. The quantitative estimate of drug-likeness (QED) is 0.103. The molecule has 0 spiro atoms. The number of rotatable bonds is 17. The lowest BCUT2D eigenvalue weighted by Gasteiger charge is -2.26. The van der Waals surface area contributed by atoms with Crippen molar-refractivity contribution in [3.63, 3.8) is 0 Å². The van der Waals surface area contributed by atoms with Gasteiger partial charge in [0.15, 0.2) is 0 Å². The number of carbonyl (C=O) groups excluding carboxylic acids is 2. The van der Waals surface area contributed by atoms with Gasteiger partial charge in [-0.25, -0.2) is 8.42 Å². The third-order valence-electron chi connectivity index (χ3n) is 8.38. The lowest BCUT2D eigenvalue weighted by atomic mass is 9.99. The van der Waals surface area contributed by atoms with Gasteiger partial charge in [-0.15, -0.1) is 0 Å². The molecule has 0 aliphatic rings.